The number of amides is 1. The van der Waals surface area contributed by atoms with Gasteiger partial charge in [-0.2, -0.15) is 22.7 Å². The van der Waals surface area contributed by atoms with Gasteiger partial charge < -0.3 is 4.90 Å². The first-order valence-electron chi connectivity index (χ1n) is 7.95. The number of carbonyl (C=O) groups excluding carboxylic acids is 1. The lowest BCUT2D eigenvalue weighted by atomic mass is 10.1. The third-order valence-electron chi connectivity index (χ3n) is 4.33. The van der Waals surface area contributed by atoms with Gasteiger partial charge in [0.2, 0.25) is 5.95 Å². The van der Waals surface area contributed by atoms with Crippen LogP contribution in [-0.2, 0) is 19.8 Å². The molecule has 1 heterocycles. The number of benzene rings is 1. The average molecular weight is 390 g/mol. The highest BCUT2D eigenvalue weighted by atomic mass is 35.5. The summed E-state index contributed by atoms with van der Waals surface area (Å²) in [5.41, 5.74) is -0.606. The van der Waals surface area contributed by atoms with Crippen molar-refractivity contribution in [2.24, 2.45) is 7.05 Å². The number of halogens is 5. The summed E-state index contributed by atoms with van der Waals surface area (Å²) in [6.07, 6.45) is -3.09. The van der Waals surface area contributed by atoms with Gasteiger partial charge in [0, 0.05) is 24.7 Å². The Bertz CT molecular complexity index is 858. The van der Waals surface area contributed by atoms with Crippen molar-refractivity contribution in [3.05, 3.63) is 51.6 Å². The lowest BCUT2D eigenvalue weighted by molar-refractivity contribution is -0.137. The van der Waals surface area contributed by atoms with Gasteiger partial charge >= 0.3 is 6.18 Å². The SMILES string of the molecule is Cc1nn(C)c(F)c1C(=O)N(Cc1cc(C(F)(F)F)ccc1Cl)C1CC1. The molecule has 140 valence electrons. The predicted molar refractivity (Wildman–Crippen MR) is 87.3 cm³/mol. The van der Waals surface area contributed by atoms with E-state index in [0.29, 0.717) is 12.8 Å². The number of hydrogen-bond donors (Lipinski definition) is 0. The summed E-state index contributed by atoms with van der Waals surface area (Å²) in [6.45, 7) is 1.39. The van der Waals surface area contributed by atoms with Crippen molar-refractivity contribution in [3.8, 4) is 0 Å². The largest absolute Gasteiger partial charge is 0.416 e. The van der Waals surface area contributed by atoms with Crippen molar-refractivity contribution in [2.75, 3.05) is 0 Å². The van der Waals surface area contributed by atoms with Crippen LogP contribution in [0, 0.1) is 12.9 Å². The average Bonchev–Trinajstić information content (AvgIpc) is 3.33. The fourth-order valence-corrected chi connectivity index (χ4v) is 3.00. The molecule has 1 aliphatic rings. The van der Waals surface area contributed by atoms with Crippen LogP contribution < -0.4 is 0 Å². The highest BCUT2D eigenvalue weighted by molar-refractivity contribution is 6.31. The number of hydrogen-bond acceptors (Lipinski definition) is 2. The summed E-state index contributed by atoms with van der Waals surface area (Å²) < 4.78 is 54.1. The molecule has 0 N–H and O–H groups in total. The van der Waals surface area contributed by atoms with E-state index in [4.69, 9.17) is 11.6 Å². The fourth-order valence-electron chi connectivity index (χ4n) is 2.83. The summed E-state index contributed by atoms with van der Waals surface area (Å²) in [7, 11) is 1.38. The standard InChI is InChI=1S/C17H16ClF4N3O/c1-9-14(15(19)24(2)23-9)16(26)25(12-4-5-12)8-10-7-11(17(20,21)22)3-6-13(10)18/h3,6-7,12H,4-5,8H2,1-2H3. The number of aryl methyl sites for hydroxylation is 2. The minimum atomic E-state index is -4.51. The molecule has 0 radical (unpaired) electrons. The third-order valence-corrected chi connectivity index (χ3v) is 4.70. The summed E-state index contributed by atoms with van der Waals surface area (Å²) >= 11 is 6.04. The number of nitrogens with zero attached hydrogens (tertiary/aromatic N) is 3. The minimum absolute atomic E-state index is 0.125. The fraction of sp³-hybridized carbons (Fsp3) is 0.412. The highest BCUT2D eigenvalue weighted by Crippen LogP contribution is 2.35. The van der Waals surface area contributed by atoms with Crippen molar-refractivity contribution in [2.45, 2.75) is 38.5 Å². The first-order valence-corrected chi connectivity index (χ1v) is 8.33. The Labute approximate surface area is 152 Å². The van der Waals surface area contributed by atoms with Crippen LogP contribution in [0.5, 0.6) is 0 Å². The van der Waals surface area contributed by atoms with Gasteiger partial charge in [-0.15, -0.1) is 0 Å². The van der Waals surface area contributed by atoms with Gasteiger partial charge in [-0.05, 0) is 43.5 Å². The van der Waals surface area contributed by atoms with E-state index in [-0.39, 0.29) is 34.4 Å². The summed E-state index contributed by atoms with van der Waals surface area (Å²) in [5, 5.41) is 4.01. The van der Waals surface area contributed by atoms with Crippen molar-refractivity contribution < 1.29 is 22.4 Å². The predicted octanol–water partition coefficient (Wildman–Crippen LogP) is 4.34. The van der Waals surface area contributed by atoms with Crippen molar-refractivity contribution in [1.29, 1.82) is 0 Å². The van der Waals surface area contributed by atoms with Crippen molar-refractivity contribution >= 4 is 17.5 Å². The Balaban J connectivity index is 1.94. The molecule has 1 fully saturated rings. The van der Waals surface area contributed by atoms with E-state index < -0.39 is 23.6 Å². The van der Waals surface area contributed by atoms with Gasteiger partial charge in [0.15, 0.2) is 0 Å². The molecule has 0 spiro atoms. The number of rotatable bonds is 4. The van der Waals surface area contributed by atoms with Gasteiger partial charge in [-0.3, -0.25) is 4.79 Å². The summed E-state index contributed by atoms with van der Waals surface area (Å²) in [6, 6.07) is 2.83. The monoisotopic (exact) mass is 389 g/mol. The quantitative estimate of drug-likeness (QED) is 0.729. The Morgan fingerprint density at radius 1 is 1.38 bits per heavy atom. The van der Waals surface area contributed by atoms with E-state index in [1.807, 2.05) is 0 Å². The lowest BCUT2D eigenvalue weighted by Crippen LogP contribution is -2.33. The normalized spacial score (nSPS) is 14.6. The van der Waals surface area contributed by atoms with E-state index in [9.17, 15) is 22.4 Å². The zero-order chi connectivity index (χ0) is 19.2. The zero-order valence-electron chi connectivity index (χ0n) is 14.1. The second-order valence-corrected chi connectivity index (χ2v) is 6.75. The molecule has 0 aliphatic heterocycles. The van der Waals surface area contributed by atoms with Gasteiger partial charge in [0.05, 0.1) is 11.3 Å². The van der Waals surface area contributed by atoms with Crippen LogP contribution in [0.2, 0.25) is 5.02 Å². The van der Waals surface area contributed by atoms with Crippen molar-refractivity contribution in [1.82, 2.24) is 14.7 Å². The first kappa shape index (κ1) is 18.7. The van der Waals surface area contributed by atoms with Crippen LogP contribution in [0.3, 0.4) is 0 Å². The van der Waals surface area contributed by atoms with E-state index in [1.54, 1.807) is 0 Å². The molecule has 0 atom stereocenters. The summed E-state index contributed by atoms with van der Waals surface area (Å²) in [5.74, 6) is -1.36. The van der Waals surface area contributed by atoms with Crippen LogP contribution in [0.25, 0.3) is 0 Å². The molecular formula is C17H16ClF4N3O. The molecule has 1 aromatic carbocycles. The Morgan fingerprint density at radius 2 is 2.04 bits per heavy atom. The molecule has 1 aromatic heterocycles. The van der Waals surface area contributed by atoms with Crippen LogP contribution in [0.15, 0.2) is 18.2 Å². The maximum Gasteiger partial charge on any atom is 0.416 e. The van der Waals surface area contributed by atoms with Gasteiger partial charge in [0.25, 0.3) is 5.91 Å². The van der Waals surface area contributed by atoms with Gasteiger partial charge in [-0.1, -0.05) is 11.6 Å². The highest BCUT2D eigenvalue weighted by Gasteiger charge is 2.37. The molecule has 0 saturated heterocycles. The smallest absolute Gasteiger partial charge is 0.331 e. The maximum atomic E-state index is 14.2. The Kier molecular flexibility index (Phi) is 4.72. The first-order chi connectivity index (χ1) is 12.1. The molecule has 3 rings (SSSR count). The zero-order valence-corrected chi connectivity index (χ0v) is 14.8. The number of carbonyl (C=O) groups is 1. The molecular weight excluding hydrogens is 374 g/mol. The second kappa shape index (κ2) is 6.57. The minimum Gasteiger partial charge on any atom is -0.331 e. The molecule has 4 nitrogen and oxygen atoms in total. The molecule has 9 heteroatoms. The molecule has 26 heavy (non-hydrogen) atoms. The molecule has 0 unspecified atom stereocenters. The topological polar surface area (TPSA) is 38.1 Å². The van der Waals surface area contributed by atoms with Crippen LogP contribution in [-0.4, -0.2) is 26.6 Å². The Morgan fingerprint density at radius 3 is 2.54 bits per heavy atom. The molecule has 2 aromatic rings. The van der Waals surface area contributed by atoms with E-state index in [1.165, 1.54) is 18.9 Å². The number of alkyl halides is 3. The maximum absolute atomic E-state index is 14.2. The second-order valence-electron chi connectivity index (χ2n) is 6.34. The van der Waals surface area contributed by atoms with Crippen LogP contribution in [0.4, 0.5) is 17.6 Å². The molecule has 1 saturated carbocycles. The van der Waals surface area contributed by atoms with Crippen LogP contribution >= 0.6 is 11.6 Å². The lowest BCUT2D eigenvalue weighted by Gasteiger charge is -2.23. The molecule has 0 bridgehead atoms. The van der Waals surface area contributed by atoms with Crippen molar-refractivity contribution in [3.63, 3.8) is 0 Å². The van der Waals surface area contributed by atoms with E-state index in [0.717, 1.165) is 22.9 Å². The van der Waals surface area contributed by atoms with Gasteiger partial charge in [-0.25, -0.2) is 4.68 Å². The van der Waals surface area contributed by atoms with E-state index >= 15 is 0 Å². The number of aromatic nitrogens is 2. The molecule has 1 amide bonds. The van der Waals surface area contributed by atoms with Gasteiger partial charge in [0.1, 0.15) is 5.56 Å². The third kappa shape index (κ3) is 3.56. The Hall–Kier alpha value is -2.09. The molecule has 1 aliphatic carbocycles. The van der Waals surface area contributed by atoms with E-state index in [2.05, 4.69) is 5.10 Å². The summed E-state index contributed by atoms with van der Waals surface area (Å²) in [4.78, 5) is 14.2. The van der Waals surface area contributed by atoms with Crippen LogP contribution in [0.1, 0.15) is 40.0 Å².